The predicted octanol–water partition coefficient (Wildman–Crippen LogP) is 4.05. The fourth-order valence-corrected chi connectivity index (χ4v) is 3.48. The second-order valence-corrected chi connectivity index (χ2v) is 7.32. The van der Waals surface area contributed by atoms with Crippen LogP contribution in [0.2, 0.25) is 0 Å². The number of fused-ring (bicyclic) bond motifs is 1. The summed E-state index contributed by atoms with van der Waals surface area (Å²) in [5.41, 5.74) is 5.01. The van der Waals surface area contributed by atoms with Crippen molar-refractivity contribution in [3.05, 3.63) is 59.5 Å². The van der Waals surface area contributed by atoms with Crippen molar-refractivity contribution in [2.75, 3.05) is 31.5 Å². The lowest BCUT2D eigenvalue weighted by Crippen LogP contribution is -2.49. The van der Waals surface area contributed by atoms with E-state index in [1.54, 1.807) is 0 Å². The van der Waals surface area contributed by atoms with Crippen molar-refractivity contribution in [1.82, 2.24) is 14.8 Å². The highest BCUT2D eigenvalue weighted by molar-refractivity contribution is 5.89. The van der Waals surface area contributed by atoms with Crippen LogP contribution in [0.5, 0.6) is 0 Å². The molecule has 0 bridgehead atoms. The van der Waals surface area contributed by atoms with Gasteiger partial charge in [-0.05, 0) is 48.7 Å². The quantitative estimate of drug-likeness (QED) is 0.744. The fourth-order valence-electron chi connectivity index (χ4n) is 3.48. The first kappa shape index (κ1) is 18.5. The third-order valence-electron chi connectivity index (χ3n) is 5.22. The Kier molecular flexibility index (Phi) is 5.30. The van der Waals surface area contributed by atoms with Crippen molar-refractivity contribution >= 4 is 22.8 Å². The molecule has 1 aliphatic rings. The Bertz CT molecular complexity index is 956. The van der Waals surface area contributed by atoms with E-state index in [9.17, 15) is 4.79 Å². The summed E-state index contributed by atoms with van der Waals surface area (Å²) in [5.74, 6) is 0.731. The van der Waals surface area contributed by atoms with E-state index in [4.69, 9.17) is 4.42 Å². The number of carbonyl (C=O) groups excluding carboxylic acids is 1. The molecule has 0 radical (unpaired) electrons. The number of aryl methyl sites for hydroxylation is 2. The second-order valence-electron chi connectivity index (χ2n) is 7.32. The van der Waals surface area contributed by atoms with Gasteiger partial charge in [-0.25, -0.2) is 9.78 Å². The zero-order valence-corrected chi connectivity index (χ0v) is 16.4. The highest BCUT2D eigenvalue weighted by Gasteiger charge is 2.22. The molecule has 1 saturated heterocycles. The number of rotatable bonds is 4. The Morgan fingerprint density at radius 3 is 2.57 bits per heavy atom. The Morgan fingerprint density at radius 1 is 1.11 bits per heavy atom. The van der Waals surface area contributed by atoms with Crippen molar-refractivity contribution < 1.29 is 9.21 Å². The van der Waals surface area contributed by atoms with E-state index in [1.165, 1.54) is 11.1 Å². The van der Waals surface area contributed by atoms with Gasteiger partial charge in [0.2, 0.25) is 5.89 Å². The monoisotopic (exact) mass is 378 g/mol. The van der Waals surface area contributed by atoms with Gasteiger partial charge < -0.3 is 14.6 Å². The zero-order valence-electron chi connectivity index (χ0n) is 16.4. The summed E-state index contributed by atoms with van der Waals surface area (Å²) in [6.07, 6.45) is 0.996. The third-order valence-corrected chi connectivity index (χ3v) is 5.22. The molecule has 2 heterocycles. The summed E-state index contributed by atoms with van der Waals surface area (Å²) in [7, 11) is 0. The number of piperazine rings is 1. The van der Waals surface area contributed by atoms with Gasteiger partial charge in [0.15, 0.2) is 5.58 Å². The molecule has 0 atom stereocenters. The number of carbonyl (C=O) groups is 1. The molecule has 1 aliphatic heterocycles. The number of nitrogens with zero attached hydrogens (tertiary/aromatic N) is 3. The molecule has 1 aromatic heterocycles. The van der Waals surface area contributed by atoms with Crippen LogP contribution in [0.3, 0.4) is 0 Å². The van der Waals surface area contributed by atoms with Gasteiger partial charge in [-0.2, -0.15) is 0 Å². The van der Waals surface area contributed by atoms with Crippen molar-refractivity contribution in [3.63, 3.8) is 0 Å². The van der Waals surface area contributed by atoms with Gasteiger partial charge in [-0.3, -0.25) is 4.90 Å². The van der Waals surface area contributed by atoms with Gasteiger partial charge in [-0.15, -0.1) is 0 Å². The number of hydrogen-bond acceptors (Lipinski definition) is 4. The zero-order chi connectivity index (χ0) is 19.5. The molecule has 6 nitrogen and oxygen atoms in total. The molecule has 0 aliphatic carbocycles. The Labute approximate surface area is 165 Å². The number of hydrogen-bond donors (Lipinski definition) is 1. The normalized spacial score (nSPS) is 15.1. The predicted molar refractivity (Wildman–Crippen MR) is 110 cm³/mol. The SMILES string of the molecule is CCc1ccc(NC(=O)N2CCN(Cc3nc4cc(C)ccc4o3)CC2)cc1. The van der Waals surface area contributed by atoms with E-state index >= 15 is 0 Å². The van der Waals surface area contributed by atoms with Crippen molar-refractivity contribution in [2.24, 2.45) is 0 Å². The second kappa shape index (κ2) is 8.02. The maximum Gasteiger partial charge on any atom is 0.321 e. The van der Waals surface area contributed by atoms with Crippen molar-refractivity contribution in [1.29, 1.82) is 0 Å². The number of anilines is 1. The van der Waals surface area contributed by atoms with Crippen LogP contribution in [0.15, 0.2) is 46.9 Å². The molecule has 2 amide bonds. The van der Waals surface area contributed by atoms with Crippen LogP contribution in [0.4, 0.5) is 10.5 Å². The van der Waals surface area contributed by atoms with Gasteiger partial charge in [0, 0.05) is 31.9 Å². The number of nitrogens with one attached hydrogen (secondary N) is 1. The number of urea groups is 1. The first-order valence-electron chi connectivity index (χ1n) is 9.84. The lowest BCUT2D eigenvalue weighted by molar-refractivity contribution is 0.136. The lowest BCUT2D eigenvalue weighted by Gasteiger charge is -2.34. The summed E-state index contributed by atoms with van der Waals surface area (Å²) in [6.45, 7) is 7.84. The molecule has 0 unspecified atom stereocenters. The van der Waals surface area contributed by atoms with E-state index < -0.39 is 0 Å². The smallest absolute Gasteiger partial charge is 0.321 e. The van der Waals surface area contributed by atoms with Crippen LogP contribution in [0, 0.1) is 6.92 Å². The molecule has 2 aromatic carbocycles. The highest BCUT2D eigenvalue weighted by atomic mass is 16.3. The van der Waals surface area contributed by atoms with Crippen LogP contribution in [-0.4, -0.2) is 47.0 Å². The summed E-state index contributed by atoms with van der Waals surface area (Å²) in [5, 5.41) is 2.99. The Balaban J connectivity index is 1.30. The number of amides is 2. The van der Waals surface area contributed by atoms with Crippen LogP contribution < -0.4 is 5.32 Å². The van der Waals surface area contributed by atoms with Gasteiger partial charge in [0.1, 0.15) is 5.52 Å². The molecular weight excluding hydrogens is 352 g/mol. The molecule has 6 heteroatoms. The molecule has 28 heavy (non-hydrogen) atoms. The van der Waals surface area contributed by atoms with E-state index in [0.29, 0.717) is 19.6 Å². The van der Waals surface area contributed by atoms with E-state index in [2.05, 4.69) is 41.2 Å². The largest absolute Gasteiger partial charge is 0.439 e. The summed E-state index contributed by atoms with van der Waals surface area (Å²) >= 11 is 0. The lowest BCUT2D eigenvalue weighted by atomic mass is 10.1. The fraction of sp³-hybridized carbons (Fsp3) is 0.364. The number of aromatic nitrogens is 1. The average Bonchev–Trinajstić information content (AvgIpc) is 3.10. The Morgan fingerprint density at radius 2 is 1.86 bits per heavy atom. The topological polar surface area (TPSA) is 61.6 Å². The standard InChI is InChI=1S/C22H26N4O2/c1-3-17-5-7-18(8-6-17)23-22(27)26-12-10-25(11-13-26)15-21-24-19-14-16(2)4-9-20(19)28-21/h4-9,14H,3,10-13,15H2,1-2H3,(H,23,27). The molecule has 3 aromatic rings. The number of benzene rings is 2. The Hall–Kier alpha value is -2.86. The molecule has 146 valence electrons. The van der Waals surface area contributed by atoms with Crippen LogP contribution in [0.25, 0.3) is 11.1 Å². The molecule has 0 spiro atoms. The minimum Gasteiger partial charge on any atom is -0.439 e. The molecule has 0 saturated carbocycles. The average molecular weight is 378 g/mol. The molecular formula is C22H26N4O2. The third kappa shape index (κ3) is 4.17. The number of oxazole rings is 1. The summed E-state index contributed by atoms with van der Waals surface area (Å²) in [4.78, 5) is 21.2. The van der Waals surface area contributed by atoms with Crippen LogP contribution in [-0.2, 0) is 13.0 Å². The van der Waals surface area contributed by atoms with Crippen molar-refractivity contribution in [3.8, 4) is 0 Å². The van der Waals surface area contributed by atoms with Gasteiger partial charge >= 0.3 is 6.03 Å². The highest BCUT2D eigenvalue weighted by Crippen LogP contribution is 2.19. The minimum atomic E-state index is -0.0405. The summed E-state index contributed by atoms with van der Waals surface area (Å²) in [6, 6.07) is 14.0. The maximum atomic E-state index is 12.5. The van der Waals surface area contributed by atoms with Gasteiger partial charge in [0.25, 0.3) is 0 Å². The van der Waals surface area contributed by atoms with E-state index in [1.807, 2.05) is 35.2 Å². The molecule has 1 N–H and O–H groups in total. The van der Waals surface area contributed by atoms with Gasteiger partial charge in [-0.1, -0.05) is 25.1 Å². The maximum absolute atomic E-state index is 12.5. The first-order chi connectivity index (χ1) is 13.6. The minimum absolute atomic E-state index is 0.0405. The van der Waals surface area contributed by atoms with E-state index in [0.717, 1.165) is 42.2 Å². The van der Waals surface area contributed by atoms with Gasteiger partial charge in [0.05, 0.1) is 6.54 Å². The van der Waals surface area contributed by atoms with E-state index in [-0.39, 0.29) is 6.03 Å². The van der Waals surface area contributed by atoms with Crippen molar-refractivity contribution in [2.45, 2.75) is 26.8 Å². The molecule has 1 fully saturated rings. The van der Waals surface area contributed by atoms with Crippen LogP contribution in [0.1, 0.15) is 23.9 Å². The molecule has 4 rings (SSSR count). The first-order valence-corrected chi connectivity index (χ1v) is 9.84. The summed E-state index contributed by atoms with van der Waals surface area (Å²) < 4.78 is 5.85. The van der Waals surface area contributed by atoms with Crippen LogP contribution >= 0.6 is 0 Å².